The Bertz CT molecular complexity index is 328. The highest BCUT2D eigenvalue weighted by atomic mass is 79.9. The van der Waals surface area contributed by atoms with Crippen LogP contribution >= 0.6 is 15.9 Å². The lowest BCUT2D eigenvalue weighted by Crippen LogP contribution is -2.28. The predicted molar refractivity (Wildman–Crippen MR) is 71.0 cm³/mol. The molecule has 5 heteroatoms. The second-order valence-corrected chi connectivity index (χ2v) is 4.89. The van der Waals surface area contributed by atoms with E-state index in [1.807, 2.05) is 6.08 Å². The summed E-state index contributed by atoms with van der Waals surface area (Å²) in [6.07, 6.45) is 3.36. The fourth-order valence-electron chi connectivity index (χ4n) is 1.36. The van der Waals surface area contributed by atoms with Crippen molar-refractivity contribution in [3.63, 3.8) is 0 Å². The monoisotopic (exact) mass is 282 g/mol. The minimum Gasteiger partial charge on any atom is -0.324 e. The number of allylic oxidation sites excluding steroid dienone is 1. The van der Waals surface area contributed by atoms with Crippen LogP contribution < -0.4 is 5.32 Å². The number of amides is 1. The maximum Gasteiger partial charge on any atom is 0.224 e. The average Bonchev–Trinajstić information content (AvgIpc) is 2.23. The van der Waals surface area contributed by atoms with Crippen molar-refractivity contribution >= 4 is 34.3 Å². The van der Waals surface area contributed by atoms with E-state index in [1.165, 1.54) is 0 Å². The quantitative estimate of drug-likeness (QED) is 0.789. The normalized spacial score (nSPS) is 22.1. The van der Waals surface area contributed by atoms with E-state index >= 15 is 0 Å². The van der Waals surface area contributed by atoms with Crippen molar-refractivity contribution in [2.75, 3.05) is 6.54 Å². The fraction of sp³-hybridized carbons (Fsp3) is 0.636. The first-order valence-corrected chi connectivity index (χ1v) is 6.29. The lowest BCUT2D eigenvalue weighted by Gasteiger charge is -2.17. The Morgan fingerprint density at radius 2 is 2.50 bits per heavy atom. The van der Waals surface area contributed by atoms with Crippen molar-refractivity contribution in [3.05, 3.63) is 11.8 Å². The van der Waals surface area contributed by atoms with Crippen LogP contribution in [0.1, 0.15) is 26.7 Å². The number of aliphatic imine (C=N–C) groups is 1. The van der Waals surface area contributed by atoms with Crippen molar-refractivity contribution in [1.82, 2.24) is 5.32 Å². The third-order valence-electron chi connectivity index (χ3n) is 2.55. The highest BCUT2D eigenvalue weighted by Crippen LogP contribution is 2.16. The molecule has 0 aromatic rings. The van der Waals surface area contributed by atoms with Gasteiger partial charge in [0.2, 0.25) is 5.91 Å². The molecule has 1 heterocycles. The predicted octanol–water partition coefficient (Wildman–Crippen LogP) is 2.19. The maximum atomic E-state index is 11.7. The molecule has 0 aromatic carbocycles. The van der Waals surface area contributed by atoms with Gasteiger partial charge < -0.3 is 5.32 Å². The lowest BCUT2D eigenvalue weighted by atomic mass is 9.86. The molecule has 1 N–H and O–H groups in total. The Labute approximate surface area is 106 Å². The van der Waals surface area contributed by atoms with E-state index in [2.05, 4.69) is 40.1 Å². The van der Waals surface area contributed by atoms with Crippen LogP contribution in [0, 0.1) is 5.92 Å². The van der Waals surface area contributed by atoms with Crippen molar-refractivity contribution in [1.29, 1.82) is 0 Å². The summed E-state index contributed by atoms with van der Waals surface area (Å²) in [7, 11) is 5.73. The lowest BCUT2D eigenvalue weighted by molar-refractivity contribution is -0.121. The van der Waals surface area contributed by atoms with Gasteiger partial charge in [-0.05, 0) is 27.7 Å². The van der Waals surface area contributed by atoms with Crippen LogP contribution in [0.2, 0.25) is 5.82 Å². The van der Waals surface area contributed by atoms with E-state index in [0.717, 1.165) is 6.42 Å². The first-order valence-electron chi connectivity index (χ1n) is 5.50. The minimum atomic E-state index is -0.111. The second-order valence-electron chi connectivity index (χ2n) is 4.14. The smallest absolute Gasteiger partial charge is 0.224 e. The van der Waals surface area contributed by atoms with Gasteiger partial charge in [-0.15, -0.1) is 0 Å². The van der Waals surface area contributed by atoms with E-state index < -0.39 is 0 Å². The Hall–Kier alpha value is -0.575. The van der Waals surface area contributed by atoms with Gasteiger partial charge in [0.15, 0.2) is 0 Å². The maximum absolute atomic E-state index is 11.7. The van der Waals surface area contributed by atoms with Gasteiger partial charge in [0.25, 0.3) is 0 Å². The zero-order valence-electron chi connectivity index (χ0n) is 9.66. The highest BCUT2D eigenvalue weighted by Gasteiger charge is 2.15. The number of nitrogens with one attached hydrogen (secondary N) is 1. The van der Waals surface area contributed by atoms with Crippen molar-refractivity contribution < 1.29 is 4.79 Å². The number of carbonyl (C=O) groups is 1. The van der Waals surface area contributed by atoms with Crippen LogP contribution in [-0.4, -0.2) is 24.9 Å². The number of carbonyl (C=O) groups excluding carboxylic acids is 1. The van der Waals surface area contributed by atoms with E-state index in [4.69, 9.17) is 7.85 Å². The van der Waals surface area contributed by atoms with E-state index in [9.17, 15) is 4.79 Å². The summed E-state index contributed by atoms with van der Waals surface area (Å²) in [5.74, 6) is 0.302. The van der Waals surface area contributed by atoms with Crippen LogP contribution in [0.5, 0.6) is 0 Å². The van der Waals surface area contributed by atoms with Gasteiger partial charge in [-0.1, -0.05) is 26.3 Å². The molecule has 1 amide bonds. The van der Waals surface area contributed by atoms with Gasteiger partial charge in [0.05, 0.1) is 13.5 Å². The molecule has 1 aliphatic heterocycles. The third kappa shape index (κ3) is 4.12. The Kier molecular flexibility index (Phi) is 5.25. The summed E-state index contributed by atoms with van der Waals surface area (Å²) in [6, 6.07) is 0. The number of nitrogens with zero attached hydrogens (tertiary/aromatic N) is 1. The minimum absolute atomic E-state index is 0.0156. The molecule has 16 heavy (non-hydrogen) atoms. The molecule has 86 valence electrons. The molecular weight excluding hydrogens is 267 g/mol. The van der Waals surface area contributed by atoms with Crippen LogP contribution in [-0.2, 0) is 4.79 Å². The summed E-state index contributed by atoms with van der Waals surface area (Å²) >= 11 is 3.31. The van der Waals surface area contributed by atoms with Crippen LogP contribution in [0.15, 0.2) is 16.8 Å². The number of halogens is 1. The van der Waals surface area contributed by atoms with Gasteiger partial charge >= 0.3 is 0 Å². The molecule has 0 saturated carbocycles. The van der Waals surface area contributed by atoms with Gasteiger partial charge in [0.1, 0.15) is 4.62 Å². The molecule has 0 spiro atoms. The van der Waals surface area contributed by atoms with E-state index in [1.54, 1.807) is 0 Å². The van der Waals surface area contributed by atoms with Gasteiger partial charge in [-0.2, -0.15) is 0 Å². The zero-order chi connectivity index (χ0) is 12.1. The highest BCUT2D eigenvalue weighted by molar-refractivity contribution is 9.18. The van der Waals surface area contributed by atoms with Gasteiger partial charge in [-0.3, -0.25) is 9.79 Å². The molecule has 1 aliphatic rings. The molecule has 2 atom stereocenters. The number of rotatable bonds is 4. The summed E-state index contributed by atoms with van der Waals surface area (Å²) in [5, 5.41) is 2.83. The Morgan fingerprint density at radius 1 is 1.81 bits per heavy atom. The Morgan fingerprint density at radius 3 is 3.12 bits per heavy atom. The van der Waals surface area contributed by atoms with Gasteiger partial charge in [-0.25, -0.2) is 0 Å². The van der Waals surface area contributed by atoms with E-state index in [-0.39, 0.29) is 11.7 Å². The second kappa shape index (κ2) is 6.23. The molecule has 0 fully saturated rings. The molecule has 0 saturated heterocycles. The van der Waals surface area contributed by atoms with Crippen molar-refractivity contribution in [2.45, 2.75) is 32.5 Å². The SMILES string of the molecule is [B]C1C=C(NC(=O)CC(C)CC)C(Br)=NC1. The van der Waals surface area contributed by atoms with Gasteiger partial charge in [0, 0.05) is 13.0 Å². The molecule has 3 nitrogen and oxygen atoms in total. The number of hydrogen-bond donors (Lipinski definition) is 1. The fourth-order valence-corrected chi connectivity index (χ4v) is 1.74. The third-order valence-corrected chi connectivity index (χ3v) is 3.23. The summed E-state index contributed by atoms with van der Waals surface area (Å²) in [4.78, 5) is 15.8. The molecule has 2 unspecified atom stereocenters. The zero-order valence-corrected chi connectivity index (χ0v) is 11.3. The first kappa shape index (κ1) is 13.5. The topological polar surface area (TPSA) is 41.5 Å². The Balaban J connectivity index is 2.53. The molecule has 0 bridgehead atoms. The standard InChI is InChI=1S/C11H16BBrN2O/c1-3-7(2)4-10(16)15-9-5-8(12)6-14-11(9)13/h5,7-8H,3-4,6H2,1-2H3,(H,15,16). The molecule has 1 rings (SSSR count). The first-order chi connectivity index (χ1) is 7.52. The molecule has 2 radical (unpaired) electrons. The molecular formula is C11H16BBrN2O. The van der Waals surface area contributed by atoms with Crippen molar-refractivity contribution in [3.8, 4) is 0 Å². The number of dihydropyridines is 1. The largest absolute Gasteiger partial charge is 0.324 e. The molecule has 0 aromatic heterocycles. The summed E-state index contributed by atoms with van der Waals surface area (Å²) < 4.78 is 0.673. The molecule has 0 aliphatic carbocycles. The summed E-state index contributed by atoms with van der Waals surface area (Å²) in [6.45, 7) is 4.69. The van der Waals surface area contributed by atoms with Crippen molar-refractivity contribution in [2.24, 2.45) is 10.9 Å². The van der Waals surface area contributed by atoms with Crippen LogP contribution in [0.25, 0.3) is 0 Å². The number of hydrogen-bond acceptors (Lipinski definition) is 2. The average molecular weight is 283 g/mol. The summed E-state index contributed by atoms with van der Waals surface area (Å²) in [5.41, 5.74) is 0.687. The van der Waals surface area contributed by atoms with Crippen LogP contribution in [0.3, 0.4) is 0 Å². The van der Waals surface area contributed by atoms with E-state index in [0.29, 0.717) is 29.2 Å². The van der Waals surface area contributed by atoms with Crippen LogP contribution in [0.4, 0.5) is 0 Å².